The lowest BCUT2D eigenvalue weighted by molar-refractivity contribution is -0.116. The zero-order valence-corrected chi connectivity index (χ0v) is 8.22. The number of Topliss-reactive ketones (excluding diaryl/α,β-unsaturated/α-hetero) is 1. The van der Waals surface area contributed by atoms with Gasteiger partial charge in [0.05, 0.1) is 0 Å². The maximum Gasteiger partial charge on any atom is 0.134 e. The molecule has 0 aliphatic heterocycles. The van der Waals surface area contributed by atoms with Gasteiger partial charge in [-0.25, -0.2) is 4.39 Å². The zero-order chi connectivity index (χ0) is 10.1. The summed E-state index contributed by atoms with van der Waals surface area (Å²) in [6.45, 7) is 1.54. The molecule has 2 rings (SSSR count). The highest BCUT2D eigenvalue weighted by molar-refractivity contribution is 5.78. The molecule has 0 saturated heterocycles. The van der Waals surface area contributed by atoms with Gasteiger partial charge in [0.15, 0.2) is 0 Å². The van der Waals surface area contributed by atoms with Gasteiger partial charge < -0.3 is 0 Å². The summed E-state index contributed by atoms with van der Waals surface area (Å²) in [7, 11) is 0. The highest BCUT2D eigenvalue weighted by atomic mass is 19.1. The molecule has 0 heterocycles. The number of carbonyl (C=O) groups excluding carboxylic acids is 1. The number of hydrogen-bond acceptors (Lipinski definition) is 1. The molecule has 74 valence electrons. The molecule has 1 fully saturated rings. The molecule has 1 aliphatic carbocycles. The van der Waals surface area contributed by atoms with E-state index in [1.165, 1.54) is 30.5 Å². The highest BCUT2D eigenvalue weighted by Gasteiger charge is 2.26. The van der Waals surface area contributed by atoms with E-state index in [0.717, 1.165) is 5.56 Å². The van der Waals surface area contributed by atoms with Crippen molar-refractivity contribution in [3.8, 4) is 0 Å². The fourth-order valence-corrected chi connectivity index (χ4v) is 1.79. The van der Waals surface area contributed by atoms with E-state index in [1.807, 2.05) is 6.07 Å². The van der Waals surface area contributed by atoms with E-state index < -0.39 is 0 Å². The maximum atomic E-state index is 13.0. The second-order valence-electron chi connectivity index (χ2n) is 4.00. The molecule has 14 heavy (non-hydrogen) atoms. The Morgan fingerprint density at radius 2 is 2.21 bits per heavy atom. The minimum atomic E-state index is -0.245. The van der Waals surface area contributed by atoms with Crippen LogP contribution in [0.5, 0.6) is 0 Å². The van der Waals surface area contributed by atoms with Crippen LogP contribution in [0.25, 0.3) is 0 Å². The predicted octanol–water partition coefficient (Wildman–Crippen LogP) is 2.83. The Labute approximate surface area is 82.9 Å². The van der Waals surface area contributed by atoms with Crippen molar-refractivity contribution in [2.24, 2.45) is 0 Å². The topological polar surface area (TPSA) is 17.1 Å². The molecule has 1 saturated carbocycles. The fraction of sp³-hybridized carbons (Fsp3) is 0.417. The largest absolute Gasteiger partial charge is 0.300 e. The fourth-order valence-electron chi connectivity index (χ4n) is 1.79. The van der Waals surface area contributed by atoms with Crippen LogP contribution in [0.3, 0.4) is 0 Å². The standard InChI is InChI=1S/C12H13FO/c1-8(14)6-10-7-11(13)4-5-12(10)9-2-3-9/h4-5,7,9H,2-3,6H2,1H3. The number of rotatable bonds is 3. The van der Waals surface area contributed by atoms with Crippen LogP contribution in [0, 0.1) is 5.82 Å². The zero-order valence-electron chi connectivity index (χ0n) is 8.22. The molecule has 2 heteroatoms. The molecule has 0 spiro atoms. The van der Waals surface area contributed by atoms with Crippen LogP contribution >= 0.6 is 0 Å². The average Bonchev–Trinajstić information content (AvgIpc) is 2.86. The number of ketones is 1. The Kier molecular flexibility index (Phi) is 2.36. The summed E-state index contributed by atoms with van der Waals surface area (Å²) in [6.07, 6.45) is 2.72. The third kappa shape index (κ3) is 2.00. The monoisotopic (exact) mass is 192 g/mol. The van der Waals surface area contributed by atoms with Crippen molar-refractivity contribution in [3.05, 3.63) is 35.1 Å². The quantitative estimate of drug-likeness (QED) is 0.719. The number of carbonyl (C=O) groups is 1. The van der Waals surface area contributed by atoms with Crippen molar-refractivity contribution in [2.45, 2.75) is 32.1 Å². The molecule has 1 aromatic rings. The summed E-state index contributed by atoms with van der Waals surface area (Å²) in [5.41, 5.74) is 2.04. The van der Waals surface area contributed by atoms with Gasteiger partial charge in [0.2, 0.25) is 0 Å². The molecular formula is C12H13FO. The Balaban J connectivity index is 2.32. The summed E-state index contributed by atoms with van der Waals surface area (Å²) in [6, 6.07) is 4.80. The van der Waals surface area contributed by atoms with E-state index in [2.05, 4.69) is 0 Å². The van der Waals surface area contributed by atoms with Gasteiger partial charge in [-0.2, -0.15) is 0 Å². The van der Waals surface area contributed by atoms with Crippen molar-refractivity contribution in [1.82, 2.24) is 0 Å². The lowest BCUT2D eigenvalue weighted by Crippen LogP contribution is -2.01. The van der Waals surface area contributed by atoms with E-state index in [9.17, 15) is 9.18 Å². The summed E-state index contributed by atoms with van der Waals surface area (Å²) in [5, 5.41) is 0. The van der Waals surface area contributed by atoms with Gasteiger partial charge >= 0.3 is 0 Å². The normalized spacial score (nSPS) is 15.6. The lowest BCUT2D eigenvalue weighted by atomic mass is 9.99. The summed E-state index contributed by atoms with van der Waals surface area (Å²) in [4.78, 5) is 11.0. The first-order valence-corrected chi connectivity index (χ1v) is 4.94. The maximum absolute atomic E-state index is 13.0. The van der Waals surface area contributed by atoms with Crippen molar-refractivity contribution in [3.63, 3.8) is 0 Å². The number of halogens is 1. The van der Waals surface area contributed by atoms with Crippen LogP contribution in [0.4, 0.5) is 4.39 Å². The van der Waals surface area contributed by atoms with Crippen molar-refractivity contribution in [2.75, 3.05) is 0 Å². The summed E-state index contributed by atoms with van der Waals surface area (Å²) >= 11 is 0. The van der Waals surface area contributed by atoms with E-state index in [1.54, 1.807) is 6.92 Å². The minimum Gasteiger partial charge on any atom is -0.300 e. The predicted molar refractivity (Wildman–Crippen MR) is 52.8 cm³/mol. The second-order valence-corrected chi connectivity index (χ2v) is 4.00. The number of benzene rings is 1. The summed E-state index contributed by atoms with van der Waals surface area (Å²) < 4.78 is 13.0. The molecular weight excluding hydrogens is 179 g/mol. The van der Waals surface area contributed by atoms with Crippen LogP contribution < -0.4 is 0 Å². The SMILES string of the molecule is CC(=O)Cc1cc(F)ccc1C1CC1. The van der Waals surface area contributed by atoms with Gasteiger partial charge in [-0.1, -0.05) is 6.07 Å². The molecule has 0 amide bonds. The van der Waals surface area contributed by atoms with Crippen LogP contribution in [0.15, 0.2) is 18.2 Å². The highest BCUT2D eigenvalue weighted by Crippen LogP contribution is 2.41. The first-order valence-electron chi connectivity index (χ1n) is 4.94. The van der Waals surface area contributed by atoms with Crippen LogP contribution in [-0.4, -0.2) is 5.78 Å². The first-order chi connectivity index (χ1) is 6.66. The van der Waals surface area contributed by atoms with Gasteiger partial charge in [-0.15, -0.1) is 0 Å². The van der Waals surface area contributed by atoms with Crippen molar-refractivity contribution < 1.29 is 9.18 Å². The van der Waals surface area contributed by atoms with Crippen LogP contribution in [0.2, 0.25) is 0 Å². The summed E-state index contributed by atoms with van der Waals surface area (Å²) in [5.74, 6) is 0.424. The Hall–Kier alpha value is -1.18. The van der Waals surface area contributed by atoms with Crippen molar-refractivity contribution >= 4 is 5.78 Å². The molecule has 0 aromatic heterocycles. The van der Waals surface area contributed by atoms with Gasteiger partial charge in [-0.05, 0) is 48.9 Å². The van der Waals surface area contributed by atoms with Crippen LogP contribution in [0.1, 0.15) is 36.8 Å². The van der Waals surface area contributed by atoms with E-state index >= 15 is 0 Å². The molecule has 0 bridgehead atoms. The van der Waals surface area contributed by atoms with Gasteiger partial charge in [0.1, 0.15) is 11.6 Å². The van der Waals surface area contributed by atoms with E-state index in [4.69, 9.17) is 0 Å². The third-order valence-electron chi connectivity index (χ3n) is 2.56. The Bertz CT molecular complexity index is 367. The average molecular weight is 192 g/mol. The third-order valence-corrected chi connectivity index (χ3v) is 2.56. The smallest absolute Gasteiger partial charge is 0.134 e. The first kappa shape index (κ1) is 9.38. The van der Waals surface area contributed by atoms with Crippen molar-refractivity contribution in [1.29, 1.82) is 0 Å². The van der Waals surface area contributed by atoms with Gasteiger partial charge in [0.25, 0.3) is 0 Å². The molecule has 0 radical (unpaired) electrons. The second kappa shape index (κ2) is 3.52. The molecule has 0 atom stereocenters. The molecule has 0 N–H and O–H groups in total. The molecule has 1 nitrogen and oxygen atoms in total. The molecule has 1 aromatic carbocycles. The molecule has 0 unspecified atom stereocenters. The Morgan fingerprint density at radius 3 is 2.79 bits per heavy atom. The molecule has 1 aliphatic rings. The van der Waals surface area contributed by atoms with E-state index in [0.29, 0.717) is 12.3 Å². The van der Waals surface area contributed by atoms with Gasteiger partial charge in [0, 0.05) is 6.42 Å². The number of hydrogen-bond donors (Lipinski definition) is 0. The lowest BCUT2D eigenvalue weighted by Gasteiger charge is -2.06. The Morgan fingerprint density at radius 1 is 1.50 bits per heavy atom. The van der Waals surface area contributed by atoms with Crippen LogP contribution in [-0.2, 0) is 11.2 Å². The van der Waals surface area contributed by atoms with Gasteiger partial charge in [-0.3, -0.25) is 4.79 Å². The minimum absolute atomic E-state index is 0.0949. The van der Waals surface area contributed by atoms with E-state index in [-0.39, 0.29) is 11.6 Å².